The normalized spacial score (nSPS) is 19.3. The summed E-state index contributed by atoms with van der Waals surface area (Å²) in [5, 5.41) is 3.47. The smallest absolute Gasteiger partial charge is 0.225 e. The molecule has 2 fully saturated rings. The van der Waals surface area contributed by atoms with Crippen molar-refractivity contribution in [2.75, 3.05) is 53.0 Å². The van der Waals surface area contributed by atoms with Crippen molar-refractivity contribution < 1.29 is 9.53 Å². The van der Waals surface area contributed by atoms with Crippen molar-refractivity contribution in [2.24, 2.45) is 10.9 Å². The van der Waals surface area contributed by atoms with Crippen LogP contribution in [0, 0.1) is 12.8 Å². The molecular weight excluding hydrogens is 342 g/mol. The Kier molecular flexibility index (Phi) is 7.04. The number of nitrogens with zero attached hydrogens (tertiary/aromatic N) is 4. The molecule has 0 aliphatic carbocycles. The van der Waals surface area contributed by atoms with Crippen molar-refractivity contribution >= 4 is 11.9 Å². The van der Waals surface area contributed by atoms with Crippen LogP contribution in [-0.4, -0.2) is 79.6 Å². The highest BCUT2D eigenvalue weighted by Gasteiger charge is 2.30. The van der Waals surface area contributed by atoms with Crippen LogP contribution in [0.1, 0.15) is 24.0 Å². The summed E-state index contributed by atoms with van der Waals surface area (Å²) in [7, 11) is 1.82. The minimum atomic E-state index is 0.136. The Balaban J connectivity index is 1.44. The van der Waals surface area contributed by atoms with Gasteiger partial charge in [0.25, 0.3) is 0 Å². The number of hydrogen-bond donors (Lipinski definition) is 1. The highest BCUT2D eigenvalue weighted by molar-refractivity contribution is 5.81. The van der Waals surface area contributed by atoms with Crippen molar-refractivity contribution in [3.8, 4) is 0 Å². The quantitative estimate of drug-likeness (QED) is 0.632. The van der Waals surface area contributed by atoms with Crippen molar-refractivity contribution in [3.63, 3.8) is 0 Å². The summed E-state index contributed by atoms with van der Waals surface area (Å²) < 4.78 is 5.35. The number of carbonyl (C=O) groups excluding carboxylic acids is 1. The molecule has 0 saturated carbocycles. The topological polar surface area (TPSA) is 70.1 Å². The summed E-state index contributed by atoms with van der Waals surface area (Å²) in [5.41, 5.74) is 2.53. The Labute approximate surface area is 161 Å². The van der Waals surface area contributed by atoms with E-state index in [-0.39, 0.29) is 5.92 Å². The van der Waals surface area contributed by atoms with Gasteiger partial charge >= 0.3 is 0 Å². The van der Waals surface area contributed by atoms with E-state index < -0.39 is 0 Å². The maximum absolute atomic E-state index is 12.7. The van der Waals surface area contributed by atoms with Gasteiger partial charge in [-0.1, -0.05) is 0 Å². The first-order valence-electron chi connectivity index (χ1n) is 9.90. The molecule has 2 aliphatic rings. The van der Waals surface area contributed by atoms with E-state index in [1.165, 1.54) is 11.1 Å². The third kappa shape index (κ3) is 5.19. The number of pyridine rings is 1. The zero-order valence-corrected chi connectivity index (χ0v) is 16.5. The van der Waals surface area contributed by atoms with Gasteiger partial charge in [0.05, 0.1) is 13.2 Å². The number of guanidine groups is 1. The molecule has 3 rings (SSSR count). The lowest BCUT2D eigenvalue weighted by molar-refractivity contribution is -0.140. The fourth-order valence-electron chi connectivity index (χ4n) is 3.80. The number of piperidine rings is 1. The van der Waals surface area contributed by atoms with Crippen LogP contribution in [0.3, 0.4) is 0 Å². The van der Waals surface area contributed by atoms with Crippen LogP contribution in [0.5, 0.6) is 0 Å². The predicted molar refractivity (Wildman–Crippen MR) is 106 cm³/mol. The van der Waals surface area contributed by atoms with E-state index >= 15 is 0 Å². The van der Waals surface area contributed by atoms with Crippen LogP contribution in [0.4, 0.5) is 0 Å². The average molecular weight is 374 g/mol. The molecule has 3 heterocycles. The van der Waals surface area contributed by atoms with Crippen molar-refractivity contribution in [2.45, 2.75) is 26.2 Å². The summed E-state index contributed by atoms with van der Waals surface area (Å²) >= 11 is 0. The van der Waals surface area contributed by atoms with Gasteiger partial charge in [-0.2, -0.15) is 0 Å². The second kappa shape index (κ2) is 9.69. The maximum atomic E-state index is 12.7. The first-order chi connectivity index (χ1) is 13.2. The van der Waals surface area contributed by atoms with Crippen LogP contribution in [0.2, 0.25) is 0 Å². The molecule has 148 valence electrons. The number of ether oxygens (including phenoxy) is 1. The maximum Gasteiger partial charge on any atom is 0.225 e. The number of nitrogens with one attached hydrogen (secondary N) is 1. The molecule has 0 radical (unpaired) electrons. The predicted octanol–water partition coefficient (Wildman–Crippen LogP) is 1.08. The number of aryl methyl sites for hydroxylation is 1. The van der Waals surface area contributed by atoms with E-state index in [0.29, 0.717) is 19.1 Å². The van der Waals surface area contributed by atoms with Crippen LogP contribution in [0.15, 0.2) is 23.5 Å². The molecule has 7 heteroatoms. The van der Waals surface area contributed by atoms with Crippen LogP contribution >= 0.6 is 0 Å². The summed E-state index contributed by atoms with van der Waals surface area (Å²) in [6, 6.07) is 2.07. The number of amides is 1. The highest BCUT2D eigenvalue weighted by Crippen LogP contribution is 2.20. The summed E-state index contributed by atoms with van der Waals surface area (Å²) in [6.45, 7) is 7.46. The first-order valence-corrected chi connectivity index (χ1v) is 9.90. The number of likely N-dealkylation sites (tertiary alicyclic amines) is 1. The molecule has 1 aromatic heterocycles. The van der Waals surface area contributed by atoms with E-state index in [4.69, 9.17) is 4.74 Å². The monoisotopic (exact) mass is 373 g/mol. The lowest BCUT2D eigenvalue weighted by Gasteiger charge is -2.36. The zero-order valence-electron chi connectivity index (χ0n) is 16.5. The fourth-order valence-corrected chi connectivity index (χ4v) is 3.80. The number of morpholine rings is 1. The summed E-state index contributed by atoms with van der Waals surface area (Å²) in [6.07, 6.45) is 6.47. The Morgan fingerprint density at radius 1 is 1.26 bits per heavy atom. The molecule has 0 unspecified atom stereocenters. The first kappa shape index (κ1) is 19.6. The molecule has 1 amide bonds. The van der Waals surface area contributed by atoms with Crippen molar-refractivity contribution in [3.05, 3.63) is 29.6 Å². The van der Waals surface area contributed by atoms with Crippen LogP contribution in [0.25, 0.3) is 0 Å². The van der Waals surface area contributed by atoms with Crippen molar-refractivity contribution in [1.29, 1.82) is 0 Å². The van der Waals surface area contributed by atoms with Gasteiger partial charge < -0.3 is 19.9 Å². The SMILES string of the molecule is CN=C(NCCc1ccncc1C)N1CCC(C(=O)N2CCOCC2)CC1. The van der Waals surface area contributed by atoms with Crippen LogP contribution in [-0.2, 0) is 16.0 Å². The minimum Gasteiger partial charge on any atom is -0.378 e. The second-order valence-corrected chi connectivity index (χ2v) is 7.23. The number of hydrogen-bond acceptors (Lipinski definition) is 4. The van der Waals surface area contributed by atoms with Crippen LogP contribution < -0.4 is 5.32 Å². The highest BCUT2D eigenvalue weighted by atomic mass is 16.5. The zero-order chi connectivity index (χ0) is 19.1. The summed E-state index contributed by atoms with van der Waals surface area (Å²) in [5.74, 6) is 1.37. The second-order valence-electron chi connectivity index (χ2n) is 7.23. The lowest BCUT2D eigenvalue weighted by Crippen LogP contribution is -2.50. The van der Waals surface area contributed by atoms with E-state index in [0.717, 1.165) is 57.9 Å². The minimum absolute atomic E-state index is 0.136. The van der Waals surface area contributed by atoms with Gasteiger partial charge in [0, 0.05) is 58.1 Å². The molecule has 7 nitrogen and oxygen atoms in total. The van der Waals surface area contributed by atoms with Gasteiger partial charge in [-0.15, -0.1) is 0 Å². The Morgan fingerprint density at radius 2 is 2.00 bits per heavy atom. The molecule has 1 N–H and O–H groups in total. The van der Waals surface area contributed by atoms with E-state index in [1.807, 2.05) is 24.3 Å². The molecule has 2 aliphatic heterocycles. The summed E-state index contributed by atoms with van der Waals surface area (Å²) in [4.78, 5) is 25.5. The fraction of sp³-hybridized carbons (Fsp3) is 0.650. The molecule has 0 spiro atoms. The molecule has 0 bridgehead atoms. The average Bonchev–Trinajstić information content (AvgIpc) is 2.73. The Morgan fingerprint density at radius 3 is 2.67 bits per heavy atom. The number of carbonyl (C=O) groups is 1. The number of aliphatic imine (C=N–C) groups is 1. The lowest BCUT2D eigenvalue weighted by atomic mass is 9.95. The largest absolute Gasteiger partial charge is 0.378 e. The van der Waals surface area contributed by atoms with Gasteiger partial charge in [0.1, 0.15) is 0 Å². The van der Waals surface area contributed by atoms with Gasteiger partial charge in [-0.3, -0.25) is 14.8 Å². The van der Waals surface area contributed by atoms with E-state index in [9.17, 15) is 4.79 Å². The van der Waals surface area contributed by atoms with E-state index in [1.54, 1.807) is 0 Å². The standard InChI is InChI=1S/C20H31N5O2/c1-16-15-22-7-3-17(16)4-8-23-20(21-2)25-9-5-18(6-10-25)19(26)24-11-13-27-14-12-24/h3,7,15,18H,4-6,8-14H2,1-2H3,(H,21,23). The third-order valence-corrected chi connectivity index (χ3v) is 5.49. The Bertz CT molecular complexity index is 650. The Hall–Kier alpha value is -2.15. The van der Waals surface area contributed by atoms with Crippen molar-refractivity contribution in [1.82, 2.24) is 20.1 Å². The molecule has 2 saturated heterocycles. The van der Waals surface area contributed by atoms with Gasteiger partial charge in [-0.25, -0.2) is 0 Å². The third-order valence-electron chi connectivity index (χ3n) is 5.49. The molecular formula is C20H31N5O2. The van der Waals surface area contributed by atoms with Gasteiger partial charge in [0.2, 0.25) is 5.91 Å². The van der Waals surface area contributed by atoms with Gasteiger partial charge in [-0.05, 0) is 43.4 Å². The van der Waals surface area contributed by atoms with E-state index in [2.05, 4.69) is 33.2 Å². The number of aromatic nitrogens is 1. The number of rotatable bonds is 4. The van der Waals surface area contributed by atoms with Gasteiger partial charge in [0.15, 0.2) is 5.96 Å². The molecule has 1 aromatic rings. The molecule has 27 heavy (non-hydrogen) atoms. The molecule has 0 atom stereocenters. The molecule has 0 aromatic carbocycles.